The highest BCUT2D eigenvalue weighted by Gasteiger charge is 2.29. The van der Waals surface area contributed by atoms with Crippen LogP contribution in [0.25, 0.3) is 10.2 Å². The molecule has 4 rings (SSSR count). The number of carbonyl (C=O) groups is 1. The average molecular weight is 386 g/mol. The van der Waals surface area contributed by atoms with Gasteiger partial charge in [0.2, 0.25) is 5.91 Å². The van der Waals surface area contributed by atoms with Crippen molar-refractivity contribution in [2.45, 2.75) is 65.3 Å². The molecule has 1 aromatic heterocycles. The maximum atomic E-state index is 12.8. The van der Waals surface area contributed by atoms with Crippen molar-refractivity contribution < 1.29 is 4.79 Å². The summed E-state index contributed by atoms with van der Waals surface area (Å²) < 4.78 is 1.26. The van der Waals surface area contributed by atoms with E-state index in [1.165, 1.54) is 28.7 Å². The Labute approximate surface area is 166 Å². The van der Waals surface area contributed by atoms with Crippen LogP contribution in [0.5, 0.6) is 0 Å². The van der Waals surface area contributed by atoms with Crippen molar-refractivity contribution in [3.63, 3.8) is 0 Å². The second-order valence-electron chi connectivity index (χ2n) is 8.68. The second kappa shape index (κ2) is 7.78. The van der Waals surface area contributed by atoms with Crippen molar-refractivity contribution in [3.8, 4) is 0 Å². The van der Waals surface area contributed by atoms with E-state index in [0.717, 1.165) is 55.3 Å². The van der Waals surface area contributed by atoms with E-state index in [9.17, 15) is 4.79 Å². The van der Waals surface area contributed by atoms with Crippen LogP contribution in [-0.4, -0.2) is 30.0 Å². The molecule has 27 heavy (non-hydrogen) atoms. The first-order chi connectivity index (χ1) is 13.0. The molecule has 2 heterocycles. The first kappa shape index (κ1) is 18.7. The molecule has 4 nitrogen and oxygen atoms in total. The maximum Gasteiger partial charge on any atom is 0.225 e. The lowest BCUT2D eigenvalue weighted by Gasteiger charge is -2.34. The van der Waals surface area contributed by atoms with Crippen LogP contribution in [-0.2, 0) is 4.79 Å². The lowest BCUT2D eigenvalue weighted by atomic mass is 9.87. The quantitative estimate of drug-likeness (QED) is 0.823. The summed E-state index contributed by atoms with van der Waals surface area (Å²) in [6.45, 7) is 8.39. The Morgan fingerprint density at radius 2 is 1.96 bits per heavy atom. The SMILES string of the molecule is Cc1cc(C)c2nc(N3CCC[C@@H](C(=O)NC4CCC(C)CC4)C3)sc2c1. The number of nitrogens with zero attached hydrogens (tertiary/aromatic N) is 2. The van der Waals surface area contributed by atoms with Gasteiger partial charge in [0, 0.05) is 19.1 Å². The Bertz CT molecular complexity index is 822. The van der Waals surface area contributed by atoms with Crippen molar-refractivity contribution in [2.75, 3.05) is 18.0 Å². The Morgan fingerprint density at radius 1 is 1.19 bits per heavy atom. The van der Waals surface area contributed by atoms with Gasteiger partial charge in [-0.25, -0.2) is 4.98 Å². The summed E-state index contributed by atoms with van der Waals surface area (Å²) in [5.74, 6) is 1.16. The standard InChI is InChI=1S/C22H31N3OS/c1-14-6-8-18(9-7-14)23-21(26)17-5-4-10-25(13-17)22-24-20-16(3)11-15(2)12-19(20)27-22/h11-12,14,17-18H,4-10,13H2,1-3H3,(H,23,26)/t14?,17-,18?/m1/s1. The number of anilines is 1. The van der Waals surface area contributed by atoms with Crippen LogP contribution in [0.4, 0.5) is 5.13 Å². The highest BCUT2D eigenvalue weighted by molar-refractivity contribution is 7.22. The summed E-state index contributed by atoms with van der Waals surface area (Å²) in [5.41, 5.74) is 3.64. The molecule has 2 aromatic rings. The average Bonchev–Trinajstić information content (AvgIpc) is 3.08. The number of aryl methyl sites for hydroxylation is 2. The van der Waals surface area contributed by atoms with E-state index in [2.05, 4.69) is 43.1 Å². The Morgan fingerprint density at radius 3 is 2.74 bits per heavy atom. The number of rotatable bonds is 3. The minimum atomic E-state index is 0.0907. The summed E-state index contributed by atoms with van der Waals surface area (Å²) in [4.78, 5) is 20.1. The molecule has 2 aliphatic rings. The number of hydrogen-bond donors (Lipinski definition) is 1. The first-order valence-corrected chi connectivity index (χ1v) is 11.2. The minimum absolute atomic E-state index is 0.0907. The topological polar surface area (TPSA) is 45.2 Å². The van der Waals surface area contributed by atoms with Crippen molar-refractivity contribution in [2.24, 2.45) is 11.8 Å². The zero-order valence-electron chi connectivity index (χ0n) is 16.8. The lowest BCUT2D eigenvalue weighted by Crippen LogP contribution is -2.46. The van der Waals surface area contributed by atoms with Gasteiger partial charge in [-0.15, -0.1) is 0 Å². The Kier molecular flexibility index (Phi) is 5.40. The third kappa shape index (κ3) is 4.13. The fraction of sp³-hybridized carbons (Fsp3) is 0.636. The number of thiazole rings is 1. The van der Waals surface area contributed by atoms with E-state index in [1.54, 1.807) is 11.3 Å². The van der Waals surface area contributed by atoms with Gasteiger partial charge in [-0.2, -0.15) is 0 Å². The molecule has 2 fully saturated rings. The lowest BCUT2D eigenvalue weighted by molar-refractivity contribution is -0.126. The summed E-state index contributed by atoms with van der Waals surface area (Å²) in [6, 6.07) is 4.81. The second-order valence-corrected chi connectivity index (χ2v) is 9.68. The molecule has 1 aliphatic carbocycles. The maximum absolute atomic E-state index is 12.8. The summed E-state index contributed by atoms with van der Waals surface area (Å²) >= 11 is 1.76. The number of fused-ring (bicyclic) bond motifs is 1. The van der Waals surface area contributed by atoms with Gasteiger partial charge in [-0.3, -0.25) is 4.79 Å². The van der Waals surface area contributed by atoms with Gasteiger partial charge in [0.05, 0.1) is 16.1 Å². The van der Waals surface area contributed by atoms with Crippen molar-refractivity contribution in [1.29, 1.82) is 0 Å². The molecule has 0 bridgehead atoms. The molecule has 0 spiro atoms. The van der Waals surface area contributed by atoms with Crippen LogP contribution in [0.1, 0.15) is 56.6 Å². The summed E-state index contributed by atoms with van der Waals surface area (Å²) in [6.07, 6.45) is 6.82. The van der Waals surface area contributed by atoms with Crippen LogP contribution in [0.2, 0.25) is 0 Å². The van der Waals surface area contributed by atoms with Crippen LogP contribution < -0.4 is 10.2 Å². The molecule has 146 valence electrons. The smallest absolute Gasteiger partial charge is 0.225 e. The third-order valence-electron chi connectivity index (χ3n) is 6.24. The van der Waals surface area contributed by atoms with Gasteiger partial charge >= 0.3 is 0 Å². The van der Waals surface area contributed by atoms with E-state index in [-0.39, 0.29) is 11.8 Å². The van der Waals surface area contributed by atoms with E-state index < -0.39 is 0 Å². The monoisotopic (exact) mass is 385 g/mol. The molecule has 1 amide bonds. The molecule has 1 saturated carbocycles. The van der Waals surface area contributed by atoms with E-state index in [0.29, 0.717) is 6.04 Å². The summed E-state index contributed by atoms with van der Waals surface area (Å²) in [5, 5.41) is 4.41. The van der Waals surface area contributed by atoms with Gasteiger partial charge in [-0.1, -0.05) is 24.3 Å². The molecule has 1 atom stereocenters. The van der Waals surface area contributed by atoms with Crippen molar-refractivity contribution in [1.82, 2.24) is 10.3 Å². The van der Waals surface area contributed by atoms with Gasteiger partial charge in [0.25, 0.3) is 0 Å². The van der Waals surface area contributed by atoms with E-state index >= 15 is 0 Å². The van der Waals surface area contributed by atoms with Crippen molar-refractivity contribution >= 4 is 32.6 Å². The van der Waals surface area contributed by atoms with Crippen LogP contribution in [0.15, 0.2) is 12.1 Å². The largest absolute Gasteiger partial charge is 0.353 e. The van der Waals surface area contributed by atoms with Gasteiger partial charge in [0.1, 0.15) is 0 Å². The highest BCUT2D eigenvalue weighted by Crippen LogP contribution is 2.34. The minimum Gasteiger partial charge on any atom is -0.353 e. The molecule has 5 heteroatoms. The number of piperidine rings is 1. The van der Waals surface area contributed by atoms with Crippen LogP contribution in [0, 0.1) is 25.7 Å². The molecule has 0 unspecified atom stereocenters. The molecule has 0 radical (unpaired) electrons. The Hall–Kier alpha value is -1.62. The predicted octanol–water partition coefficient (Wildman–Crippen LogP) is 4.82. The van der Waals surface area contributed by atoms with Gasteiger partial charge in [-0.05, 0) is 75.5 Å². The zero-order chi connectivity index (χ0) is 19.0. The molecule has 1 aromatic carbocycles. The van der Waals surface area contributed by atoms with Gasteiger partial charge in [0.15, 0.2) is 5.13 Å². The highest BCUT2D eigenvalue weighted by atomic mass is 32.1. The fourth-order valence-electron chi connectivity index (χ4n) is 4.58. The molecule has 1 saturated heterocycles. The molecular formula is C22H31N3OS. The summed E-state index contributed by atoms with van der Waals surface area (Å²) in [7, 11) is 0. The molecule has 1 N–H and O–H groups in total. The normalized spacial score (nSPS) is 26.3. The molecular weight excluding hydrogens is 354 g/mol. The van der Waals surface area contributed by atoms with Crippen molar-refractivity contribution in [3.05, 3.63) is 23.3 Å². The third-order valence-corrected chi connectivity index (χ3v) is 7.31. The number of hydrogen-bond acceptors (Lipinski definition) is 4. The van der Waals surface area contributed by atoms with E-state index in [4.69, 9.17) is 4.98 Å². The molecule has 1 aliphatic heterocycles. The predicted molar refractivity (Wildman–Crippen MR) is 114 cm³/mol. The Balaban J connectivity index is 1.43. The van der Waals surface area contributed by atoms with Crippen LogP contribution >= 0.6 is 11.3 Å². The number of aromatic nitrogens is 1. The number of amides is 1. The van der Waals surface area contributed by atoms with Gasteiger partial charge < -0.3 is 10.2 Å². The number of nitrogens with one attached hydrogen (secondary N) is 1. The van der Waals surface area contributed by atoms with E-state index in [1.807, 2.05) is 0 Å². The first-order valence-electron chi connectivity index (χ1n) is 10.4. The fourth-order valence-corrected chi connectivity index (χ4v) is 5.76. The number of carbonyl (C=O) groups excluding carboxylic acids is 1. The number of benzene rings is 1. The van der Waals surface area contributed by atoms with Crippen LogP contribution in [0.3, 0.4) is 0 Å². The zero-order valence-corrected chi connectivity index (χ0v) is 17.6.